The molecule has 1 aliphatic heterocycles. The minimum absolute atomic E-state index is 0.0968. The predicted octanol–water partition coefficient (Wildman–Crippen LogP) is 1.28. The molecular formula is C15H22N2O3S. The maximum atomic E-state index is 12.3. The summed E-state index contributed by atoms with van der Waals surface area (Å²) in [6.07, 6.45) is 1.67. The molecule has 1 heterocycles. The van der Waals surface area contributed by atoms with E-state index in [9.17, 15) is 13.2 Å². The van der Waals surface area contributed by atoms with Crippen molar-refractivity contribution in [1.29, 1.82) is 0 Å². The number of benzene rings is 1. The number of nitrogens with zero attached hydrogens (tertiary/aromatic N) is 2. The van der Waals surface area contributed by atoms with Crippen LogP contribution in [0.3, 0.4) is 0 Å². The molecule has 1 unspecified atom stereocenters. The second-order valence-corrected chi connectivity index (χ2v) is 7.54. The second kappa shape index (κ2) is 6.58. The summed E-state index contributed by atoms with van der Waals surface area (Å²) in [7, 11) is -3.15. The van der Waals surface area contributed by atoms with E-state index >= 15 is 0 Å². The third kappa shape index (κ3) is 4.28. The molecule has 0 bridgehead atoms. The highest BCUT2D eigenvalue weighted by molar-refractivity contribution is 7.88. The number of sulfonamides is 1. The lowest BCUT2D eigenvalue weighted by Gasteiger charge is -2.33. The third-order valence-electron chi connectivity index (χ3n) is 3.91. The van der Waals surface area contributed by atoms with Crippen molar-refractivity contribution >= 4 is 15.9 Å². The van der Waals surface area contributed by atoms with Crippen LogP contribution < -0.4 is 0 Å². The zero-order valence-corrected chi connectivity index (χ0v) is 13.3. The standard InChI is InChI=1S/C15H22N2O3S/c1-13(14-6-4-3-5-7-14)12-15(18)16-8-10-17(11-9-16)21(2,19)20/h3-7,13H,8-12H2,1-2H3. The van der Waals surface area contributed by atoms with Crippen molar-refractivity contribution in [2.75, 3.05) is 32.4 Å². The van der Waals surface area contributed by atoms with Crippen molar-refractivity contribution in [2.24, 2.45) is 0 Å². The molecule has 1 aromatic rings. The van der Waals surface area contributed by atoms with Crippen LogP contribution in [0.1, 0.15) is 24.8 Å². The van der Waals surface area contributed by atoms with Crippen molar-refractivity contribution in [2.45, 2.75) is 19.3 Å². The first kappa shape index (κ1) is 16.0. The second-order valence-electron chi connectivity index (χ2n) is 5.56. The van der Waals surface area contributed by atoms with Crippen molar-refractivity contribution < 1.29 is 13.2 Å². The highest BCUT2D eigenvalue weighted by Crippen LogP contribution is 2.20. The molecule has 0 saturated carbocycles. The Morgan fingerprint density at radius 2 is 1.71 bits per heavy atom. The fourth-order valence-corrected chi connectivity index (χ4v) is 3.39. The van der Waals surface area contributed by atoms with E-state index in [1.807, 2.05) is 37.3 Å². The van der Waals surface area contributed by atoms with Crippen molar-refractivity contribution in [3.63, 3.8) is 0 Å². The lowest BCUT2D eigenvalue weighted by atomic mass is 9.97. The van der Waals surface area contributed by atoms with Gasteiger partial charge < -0.3 is 4.90 Å². The normalized spacial score (nSPS) is 18.5. The van der Waals surface area contributed by atoms with Crippen LogP contribution in [0, 0.1) is 0 Å². The Balaban J connectivity index is 1.88. The number of hydrogen-bond acceptors (Lipinski definition) is 3. The molecule has 6 heteroatoms. The molecule has 0 radical (unpaired) electrons. The molecule has 0 spiro atoms. The van der Waals surface area contributed by atoms with Gasteiger partial charge in [0.25, 0.3) is 0 Å². The van der Waals surface area contributed by atoms with Crippen LogP contribution in [-0.4, -0.2) is 56.0 Å². The minimum Gasteiger partial charge on any atom is -0.340 e. The van der Waals surface area contributed by atoms with Crippen LogP contribution in [0.4, 0.5) is 0 Å². The Labute approximate surface area is 126 Å². The molecule has 116 valence electrons. The van der Waals surface area contributed by atoms with Crippen LogP contribution in [0.15, 0.2) is 30.3 Å². The zero-order chi connectivity index (χ0) is 15.5. The summed E-state index contributed by atoms with van der Waals surface area (Å²) in [5.41, 5.74) is 1.15. The molecular weight excluding hydrogens is 288 g/mol. The molecule has 1 amide bonds. The molecule has 1 atom stereocenters. The van der Waals surface area contributed by atoms with Crippen molar-refractivity contribution in [3.8, 4) is 0 Å². The number of amides is 1. The Kier molecular flexibility index (Phi) is 5.00. The van der Waals surface area contributed by atoms with Crippen molar-refractivity contribution in [1.82, 2.24) is 9.21 Å². The summed E-state index contributed by atoms with van der Waals surface area (Å²) in [4.78, 5) is 14.1. The molecule has 0 aromatic heterocycles. The molecule has 5 nitrogen and oxygen atoms in total. The van der Waals surface area contributed by atoms with Crippen LogP contribution in [-0.2, 0) is 14.8 Å². The van der Waals surface area contributed by atoms with Gasteiger partial charge in [0.05, 0.1) is 6.26 Å². The summed E-state index contributed by atoms with van der Waals surface area (Å²) in [5.74, 6) is 0.270. The molecule has 1 aromatic carbocycles. The van der Waals surface area contributed by atoms with E-state index in [0.717, 1.165) is 5.56 Å². The highest BCUT2D eigenvalue weighted by Gasteiger charge is 2.26. The molecule has 0 aliphatic carbocycles. The monoisotopic (exact) mass is 310 g/mol. The van der Waals surface area contributed by atoms with Gasteiger partial charge in [0.15, 0.2) is 0 Å². The van der Waals surface area contributed by atoms with E-state index < -0.39 is 10.0 Å². The number of carbonyl (C=O) groups excluding carboxylic acids is 1. The van der Waals surface area contributed by atoms with Gasteiger partial charge in [0.1, 0.15) is 0 Å². The molecule has 1 saturated heterocycles. The SMILES string of the molecule is CC(CC(=O)N1CCN(S(C)(=O)=O)CC1)c1ccccc1. The average Bonchev–Trinajstić information content (AvgIpc) is 2.47. The molecule has 2 rings (SSSR count). The van der Waals surface area contributed by atoms with Crippen LogP contribution in [0.2, 0.25) is 0 Å². The zero-order valence-electron chi connectivity index (χ0n) is 12.5. The number of piperazine rings is 1. The largest absolute Gasteiger partial charge is 0.340 e. The van der Waals surface area contributed by atoms with Crippen LogP contribution >= 0.6 is 0 Å². The van der Waals surface area contributed by atoms with E-state index in [2.05, 4.69) is 0 Å². The number of carbonyl (C=O) groups is 1. The number of hydrogen-bond donors (Lipinski definition) is 0. The Morgan fingerprint density at radius 1 is 1.14 bits per heavy atom. The van der Waals surface area contributed by atoms with Gasteiger partial charge in [0.2, 0.25) is 15.9 Å². The van der Waals surface area contributed by atoms with Crippen LogP contribution in [0.25, 0.3) is 0 Å². The van der Waals surface area contributed by atoms with Gasteiger partial charge in [0, 0.05) is 32.6 Å². The summed E-state index contributed by atoms with van der Waals surface area (Å²) >= 11 is 0. The molecule has 21 heavy (non-hydrogen) atoms. The first-order valence-corrected chi connectivity index (χ1v) is 9.00. The fraction of sp³-hybridized carbons (Fsp3) is 0.533. The minimum atomic E-state index is -3.15. The lowest BCUT2D eigenvalue weighted by Crippen LogP contribution is -2.50. The maximum absolute atomic E-state index is 12.3. The fourth-order valence-electron chi connectivity index (χ4n) is 2.56. The Bertz CT molecular complexity index is 578. The molecule has 1 aliphatic rings. The highest BCUT2D eigenvalue weighted by atomic mass is 32.2. The van der Waals surface area contributed by atoms with Gasteiger partial charge in [-0.05, 0) is 11.5 Å². The van der Waals surface area contributed by atoms with Gasteiger partial charge in [-0.3, -0.25) is 4.79 Å². The summed E-state index contributed by atoms with van der Waals surface area (Å²) in [6.45, 7) is 3.79. The predicted molar refractivity (Wildman–Crippen MR) is 82.5 cm³/mol. The summed E-state index contributed by atoms with van der Waals surface area (Å²) < 4.78 is 24.3. The quantitative estimate of drug-likeness (QED) is 0.842. The smallest absolute Gasteiger partial charge is 0.223 e. The summed E-state index contributed by atoms with van der Waals surface area (Å²) in [6, 6.07) is 9.96. The van der Waals surface area contributed by atoms with E-state index in [4.69, 9.17) is 0 Å². The first-order chi connectivity index (χ1) is 9.88. The third-order valence-corrected chi connectivity index (χ3v) is 5.21. The van der Waals surface area contributed by atoms with Gasteiger partial charge in [-0.2, -0.15) is 4.31 Å². The molecule has 0 N–H and O–H groups in total. The topological polar surface area (TPSA) is 57.7 Å². The van der Waals surface area contributed by atoms with E-state index in [-0.39, 0.29) is 11.8 Å². The van der Waals surface area contributed by atoms with Gasteiger partial charge in [-0.1, -0.05) is 37.3 Å². The summed E-state index contributed by atoms with van der Waals surface area (Å²) in [5, 5.41) is 0. The van der Waals surface area contributed by atoms with E-state index in [1.165, 1.54) is 10.6 Å². The van der Waals surface area contributed by atoms with Gasteiger partial charge >= 0.3 is 0 Å². The van der Waals surface area contributed by atoms with E-state index in [0.29, 0.717) is 32.6 Å². The Morgan fingerprint density at radius 3 is 2.24 bits per heavy atom. The Hall–Kier alpha value is -1.40. The number of rotatable bonds is 4. The van der Waals surface area contributed by atoms with Gasteiger partial charge in [-0.15, -0.1) is 0 Å². The van der Waals surface area contributed by atoms with Crippen molar-refractivity contribution in [3.05, 3.63) is 35.9 Å². The van der Waals surface area contributed by atoms with Gasteiger partial charge in [-0.25, -0.2) is 8.42 Å². The first-order valence-electron chi connectivity index (χ1n) is 7.16. The maximum Gasteiger partial charge on any atom is 0.223 e. The molecule has 1 fully saturated rings. The van der Waals surface area contributed by atoms with Crippen LogP contribution in [0.5, 0.6) is 0 Å². The van der Waals surface area contributed by atoms with E-state index in [1.54, 1.807) is 4.90 Å². The average molecular weight is 310 g/mol. The lowest BCUT2D eigenvalue weighted by molar-refractivity contribution is -0.132.